The summed E-state index contributed by atoms with van der Waals surface area (Å²) in [6, 6.07) is 10.1. The number of hydrogen-bond acceptors (Lipinski definition) is 7. The maximum absolute atomic E-state index is 13.1. The highest BCUT2D eigenvalue weighted by atomic mass is 32.2. The minimum atomic E-state index is -4.45. The molecule has 4 aromatic rings. The van der Waals surface area contributed by atoms with Gasteiger partial charge < -0.3 is 9.73 Å². The lowest BCUT2D eigenvalue weighted by Crippen LogP contribution is -2.42. The van der Waals surface area contributed by atoms with Gasteiger partial charge in [0.15, 0.2) is 11.2 Å². The number of pyridine rings is 2. The highest BCUT2D eigenvalue weighted by Gasteiger charge is 2.32. The van der Waals surface area contributed by atoms with Crippen molar-refractivity contribution in [3.05, 3.63) is 71.0 Å². The largest absolute Gasteiger partial charge is 0.418 e. The van der Waals surface area contributed by atoms with E-state index in [1.54, 1.807) is 24.4 Å². The fourth-order valence-electron chi connectivity index (χ4n) is 4.06. The third kappa shape index (κ3) is 4.84. The SMILES string of the molecule is O=c1[nH]c2ncc(-c3ccc(S(=O)(=O)N4CCC(Nc5ccc(C(F)(F)F)cn5)CC4)cc3)cc2o1. The van der Waals surface area contributed by atoms with Crippen LogP contribution < -0.4 is 11.1 Å². The Balaban J connectivity index is 1.23. The number of hydrogen-bond donors (Lipinski definition) is 2. The van der Waals surface area contributed by atoms with Gasteiger partial charge in [0.05, 0.1) is 10.5 Å². The number of benzene rings is 1. The van der Waals surface area contributed by atoms with E-state index >= 15 is 0 Å². The molecule has 5 rings (SSSR count). The van der Waals surface area contributed by atoms with E-state index in [-0.39, 0.29) is 24.0 Å². The monoisotopic (exact) mass is 519 g/mol. The number of anilines is 1. The number of alkyl halides is 3. The van der Waals surface area contributed by atoms with Crippen molar-refractivity contribution in [1.29, 1.82) is 0 Å². The summed E-state index contributed by atoms with van der Waals surface area (Å²) in [6.07, 6.45) is -1.16. The lowest BCUT2D eigenvalue weighted by Gasteiger charge is -2.32. The normalized spacial score (nSPS) is 15.9. The highest BCUT2D eigenvalue weighted by Crippen LogP contribution is 2.30. The molecule has 3 aromatic heterocycles. The summed E-state index contributed by atoms with van der Waals surface area (Å²) in [5.41, 5.74) is 1.18. The van der Waals surface area contributed by atoms with Gasteiger partial charge >= 0.3 is 11.9 Å². The number of H-pyrrole nitrogens is 1. The first kappa shape index (κ1) is 24.0. The van der Waals surface area contributed by atoms with Crippen LogP contribution in [0.25, 0.3) is 22.4 Å². The third-order valence-corrected chi connectivity index (χ3v) is 7.91. The molecular formula is C23H20F3N5O4S. The van der Waals surface area contributed by atoms with Crippen molar-refractivity contribution in [3.63, 3.8) is 0 Å². The second-order valence-corrected chi connectivity index (χ2v) is 10.3. The number of sulfonamides is 1. The Morgan fingerprint density at radius 2 is 1.72 bits per heavy atom. The summed E-state index contributed by atoms with van der Waals surface area (Å²) in [6.45, 7) is 0.519. The Morgan fingerprint density at radius 3 is 2.36 bits per heavy atom. The number of nitrogens with one attached hydrogen (secondary N) is 2. The Kier molecular flexibility index (Phi) is 6.04. The fourth-order valence-corrected chi connectivity index (χ4v) is 5.53. The average Bonchev–Trinajstić information content (AvgIpc) is 3.23. The number of aromatic nitrogens is 3. The summed E-state index contributed by atoms with van der Waals surface area (Å²) in [7, 11) is -3.73. The zero-order valence-electron chi connectivity index (χ0n) is 18.6. The Labute approximate surface area is 203 Å². The summed E-state index contributed by atoms with van der Waals surface area (Å²) in [4.78, 5) is 21.9. The van der Waals surface area contributed by atoms with Crippen molar-refractivity contribution < 1.29 is 26.0 Å². The second kappa shape index (κ2) is 9.06. The molecule has 188 valence electrons. The van der Waals surface area contributed by atoms with Gasteiger partial charge in [0.25, 0.3) is 0 Å². The van der Waals surface area contributed by atoms with Gasteiger partial charge in [-0.05, 0) is 48.7 Å². The van der Waals surface area contributed by atoms with E-state index in [1.807, 2.05) is 0 Å². The van der Waals surface area contributed by atoms with Crippen molar-refractivity contribution >= 4 is 27.1 Å². The number of rotatable bonds is 5. The second-order valence-electron chi connectivity index (χ2n) is 8.36. The number of fused-ring (bicyclic) bond motifs is 1. The first-order valence-corrected chi connectivity index (χ1v) is 12.4. The molecule has 0 unspecified atom stereocenters. The third-order valence-electron chi connectivity index (χ3n) is 6.00. The minimum absolute atomic E-state index is 0.112. The molecule has 4 heterocycles. The molecule has 2 N–H and O–H groups in total. The van der Waals surface area contributed by atoms with E-state index in [9.17, 15) is 26.4 Å². The zero-order valence-corrected chi connectivity index (χ0v) is 19.4. The number of oxazole rings is 1. The molecule has 0 radical (unpaired) electrons. The molecule has 0 aliphatic carbocycles. The molecule has 36 heavy (non-hydrogen) atoms. The lowest BCUT2D eigenvalue weighted by atomic mass is 10.1. The molecule has 1 saturated heterocycles. The highest BCUT2D eigenvalue weighted by molar-refractivity contribution is 7.89. The maximum atomic E-state index is 13.1. The number of aromatic amines is 1. The molecule has 1 aliphatic heterocycles. The molecule has 0 bridgehead atoms. The van der Waals surface area contributed by atoms with Gasteiger partial charge in [0, 0.05) is 37.1 Å². The molecule has 9 nitrogen and oxygen atoms in total. The van der Waals surface area contributed by atoms with E-state index in [0.717, 1.165) is 12.3 Å². The van der Waals surface area contributed by atoms with Crippen molar-refractivity contribution in [3.8, 4) is 11.1 Å². The predicted molar refractivity (Wildman–Crippen MR) is 125 cm³/mol. The predicted octanol–water partition coefficient (Wildman–Crippen LogP) is 3.86. The molecule has 0 spiro atoms. The molecule has 1 aromatic carbocycles. The van der Waals surface area contributed by atoms with Crippen molar-refractivity contribution in [2.24, 2.45) is 0 Å². The van der Waals surface area contributed by atoms with Crippen molar-refractivity contribution in [2.75, 3.05) is 18.4 Å². The van der Waals surface area contributed by atoms with E-state index in [0.29, 0.717) is 41.0 Å². The Bertz CT molecular complexity index is 1540. The summed E-state index contributed by atoms with van der Waals surface area (Å²) in [5, 5.41) is 3.08. The molecular weight excluding hydrogens is 499 g/mol. The van der Waals surface area contributed by atoms with E-state index in [2.05, 4.69) is 20.3 Å². The number of nitrogens with zero attached hydrogens (tertiary/aromatic N) is 3. The van der Waals surface area contributed by atoms with Crippen LogP contribution in [0.1, 0.15) is 18.4 Å². The van der Waals surface area contributed by atoms with Gasteiger partial charge in [-0.3, -0.25) is 4.98 Å². The lowest BCUT2D eigenvalue weighted by molar-refractivity contribution is -0.137. The van der Waals surface area contributed by atoms with E-state index in [1.165, 1.54) is 22.5 Å². The molecule has 1 aliphatic rings. The van der Waals surface area contributed by atoms with Crippen LogP contribution in [0.15, 0.2) is 69.0 Å². The van der Waals surface area contributed by atoms with Gasteiger partial charge in [-0.15, -0.1) is 0 Å². The van der Waals surface area contributed by atoms with Crippen molar-refractivity contribution in [1.82, 2.24) is 19.3 Å². The van der Waals surface area contributed by atoms with Crippen LogP contribution in [0, 0.1) is 0 Å². The molecule has 0 atom stereocenters. The van der Waals surface area contributed by atoms with Crippen LogP contribution in [0.5, 0.6) is 0 Å². The quantitative estimate of drug-likeness (QED) is 0.411. The summed E-state index contributed by atoms with van der Waals surface area (Å²) < 4.78 is 70.8. The van der Waals surface area contributed by atoms with Crippen molar-refractivity contribution in [2.45, 2.75) is 30.0 Å². The van der Waals surface area contributed by atoms with Gasteiger partial charge in [-0.25, -0.2) is 23.2 Å². The first-order chi connectivity index (χ1) is 17.1. The van der Waals surface area contributed by atoms with Gasteiger partial charge in [0.1, 0.15) is 5.82 Å². The Morgan fingerprint density at radius 1 is 1.00 bits per heavy atom. The van der Waals surface area contributed by atoms with Crippen LogP contribution in [0.2, 0.25) is 0 Å². The molecule has 13 heteroatoms. The molecule has 0 saturated carbocycles. The molecule has 1 fully saturated rings. The summed E-state index contributed by atoms with van der Waals surface area (Å²) >= 11 is 0. The van der Waals surface area contributed by atoms with Crippen LogP contribution in [-0.2, 0) is 16.2 Å². The zero-order chi connectivity index (χ0) is 25.5. The average molecular weight is 520 g/mol. The maximum Gasteiger partial charge on any atom is 0.418 e. The van der Waals surface area contributed by atoms with Gasteiger partial charge in [-0.1, -0.05) is 12.1 Å². The fraction of sp³-hybridized carbons (Fsp3) is 0.261. The van der Waals surface area contributed by atoms with Crippen LogP contribution >= 0.6 is 0 Å². The Hall–Kier alpha value is -3.71. The van der Waals surface area contributed by atoms with Crippen LogP contribution in [0.3, 0.4) is 0 Å². The van der Waals surface area contributed by atoms with E-state index in [4.69, 9.17) is 4.42 Å². The van der Waals surface area contributed by atoms with E-state index < -0.39 is 27.5 Å². The first-order valence-electron chi connectivity index (χ1n) is 11.0. The topological polar surface area (TPSA) is 121 Å². The van der Waals surface area contributed by atoms with Crippen LogP contribution in [-0.4, -0.2) is 46.8 Å². The number of halogens is 3. The molecule has 0 amide bonds. The standard InChI is InChI=1S/C23H20F3N5O4S/c24-23(25,26)16-3-6-20(27-13-16)29-17-7-9-31(10-8-17)36(33,34)18-4-1-14(2-5-18)15-11-19-21(28-12-15)30-22(32)35-19/h1-6,11-13,17H,7-10H2,(H,27,29)(H,28,30,32). The minimum Gasteiger partial charge on any atom is -0.406 e. The van der Waals surface area contributed by atoms with Crippen LogP contribution in [0.4, 0.5) is 19.0 Å². The smallest absolute Gasteiger partial charge is 0.406 e. The number of piperidine rings is 1. The summed E-state index contributed by atoms with van der Waals surface area (Å²) in [5.74, 6) is -0.294. The van der Waals surface area contributed by atoms with Gasteiger partial charge in [-0.2, -0.15) is 17.5 Å². The van der Waals surface area contributed by atoms with Gasteiger partial charge in [0.2, 0.25) is 10.0 Å².